The summed E-state index contributed by atoms with van der Waals surface area (Å²) in [5, 5.41) is 22.1. The summed E-state index contributed by atoms with van der Waals surface area (Å²) in [7, 11) is 0. The molecule has 18 heavy (non-hydrogen) atoms. The quantitative estimate of drug-likeness (QED) is 0.615. The van der Waals surface area contributed by atoms with Gasteiger partial charge >= 0.3 is 0 Å². The Morgan fingerprint density at radius 2 is 1.94 bits per heavy atom. The number of aliphatic hydroxyl groups is 2. The fourth-order valence-electron chi connectivity index (χ4n) is 2.17. The second-order valence-corrected chi connectivity index (χ2v) is 6.20. The molecule has 0 aromatic carbocycles. The Labute approximate surface area is 111 Å². The molecule has 4 heteroatoms. The van der Waals surface area contributed by atoms with Crippen LogP contribution in [-0.2, 0) is 4.74 Å². The lowest BCUT2D eigenvalue weighted by atomic mass is 9.95. The van der Waals surface area contributed by atoms with Gasteiger partial charge in [-0.25, -0.2) is 0 Å². The molecule has 1 fully saturated rings. The van der Waals surface area contributed by atoms with Gasteiger partial charge in [-0.1, -0.05) is 33.1 Å². The third kappa shape index (κ3) is 6.69. The van der Waals surface area contributed by atoms with Gasteiger partial charge in [0.25, 0.3) is 0 Å². The van der Waals surface area contributed by atoms with Crippen LogP contribution in [0.5, 0.6) is 0 Å². The molecule has 0 aromatic rings. The van der Waals surface area contributed by atoms with Crippen LogP contribution in [0.2, 0.25) is 0 Å². The highest BCUT2D eigenvalue weighted by Crippen LogP contribution is 2.20. The van der Waals surface area contributed by atoms with Crippen molar-refractivity contribution in [3.63, 3.8) is 0 Å². The molecular formula is C14H29NO3. The average Bonchev–Trinajstić information content (AvgIpc) is 2.37. The minimum absolute atomic E-state index is 0.135. The first-order chi connectivity index (χ1) is 8.53. The summed E-state index contributed by atoms with van der Waals surface area (Å²) >= 11 is 0. The zero-order valence-corrected chi connectivity index (χ0v) is 11.8. The van der Waals surface area contributed by atoms with Crippen molar-refractivity contribution in [2.45, 2.75) is 58.2 Å². The van der Waals surface area contributed by atoms with Crippen LogP contribution in [0.15, 0.2) is 0 Å². The molecule has 0 saturated heterocycles. The van der Waals surface area contributed by atoms with E-state index in [9.17, 15) is 5.11 Å². The Morgan fingerprint density at radius 1 is 1.28 bits per heavy atom. The Kier molecular flexibility index (Phi) is 7.15. The Bertz CT molecular complexity index is 215. The van der Waals surface area contributed by atoms with Gasteiger partial charge in [0.15, 0.2) is 0 Å². The van der Waals surface area contributed by atoms with Crippen LogP contribution < -0.4 is 5.32 Å². The normalized spacial score (nSPS) is 20.0. The van der Waals surface area contributed by atoms with Gasteiger partial charge in [-0.15, -0.1) is 0 Å². The molecule has 1 unspecified atom stereocenters. The molecule has 0 radical (unpaired) electrons. The van der Waals surface area contributed by atoms with Crippen LogP contribution >= 0.6 is 0 Å². The summed E-state index contributed by atoms with van der Waals surface area (Å²) < 4.78 is 5.71. The first-order valence-electron chi connectivity index (χ1n) is 7.15. The van der Waals surface area contributed by atoms with E-state index in [-0.39, 0.29) is 12.0 Å². The van der Waals surface area contributed by atoms with Gasteiger partial charge in [-0.3, -0.25) is 0 Å². The van der Waals surface area contributed by atoms with Gasteiger partial charge in [0.05, 0.1) is 18.8 Å². The summed E-state index contributed by atoms with van der Waals surface area (Å²) in [4.78, 5) is 0. The first kappa shape index (κ1) is 15.9. The van der Waals surface area contributed by atoms with Crippen LogP contribution in [0.3, 0.4) is 0 Å². The van der Waals surface area contributed by atoms with Crippen molar-refractivity contribution in [2.75, 3.05) is 26.3 Å². The van der Waals surface area contributed by atoms with Gasteiger partial charge < -0.3 is 20.3 Å². The van der Waals surface area contributed by atoms with E-state index >= 15 is 0 Å². The highest BCUT2D eigenvalue weighted by molar-refractivity contribution is 4.72. The topological polar surface area (TPSA) is 61.7 Å². The van der Waals surface area contributed by atoms with E-state index in [1.807, 2.05) is 13.8 Å². The van der Waals surface area contributed by atoms with Crippen molar-refractivity contribution in [1.29, 1.82) is 0 Å². The van der Waals surface area contributed by atoms with Crippen molar-refractivity contribution in [1.82, 2.24) is 5.32 Å². The first-order valence-corrected chi connectivity index (χ1v) is 7.15. The van der Waals surface area contributed by atoms with Crippen LogP contribution in [0.25, 0.3) is 0 Å². The Balaban J connectivity index is 2.04. The lowest BCUT2D eigenvalue weighted by Crippen LogP contribution is -2.38. The standard InChI is InChI=1S/C14H29NO3/c1-14(2,11-16)10-15-8-12(17)9-18-13-6-4-3-5-7-13/h12-13,15-17H,3-11H2,1-2H3. The van der Waals surface area contributed by atoms with Gasteiger partial charge in [-0.2, -0.15) is 0 Å². The summed E-state index contributed by atoms with van der Waals surface area (Å²) in [6.07, 6.45) is 5.99. The molecule has 0 aliphatic heterocycles. The maximum absolute atomic E-state index is 9.80. The Hall–Kier alpha value is -0.160. The fourth-order valence-corrected chi connectivity index (χ4v) is 2.17. The Morgan fingerprint density at radius 3 is 2.56 bits per heavy atom. The third-order valence-electron chi connectivity index (χ3n) is 3.49. The predicted octanol–water partition coefficient (Wildman–Crippen LogP) is 1.30. The SMILES string of the molecule is CC(C)(CO)CNCC(O)COC1CCCCC1. The van der Waals surface area contributed by atoms with Gasteiger partial charge in [0, 0.05) is 25.1 Å². The molecular weight excluding hydrogens is 230 g/mol. The molecule has 1 rings (SSSR count). The number of hydrogen-bond acceptors (Lipinski definition) is 4. The monoisotopic (exact) mass is 259 g/mol. The predicted molar refractivity (Wildman–Crippen MR) is 72.6 cm³/mol. The maximum Gasteiger partial charge on any atom is 0.0897 e. The molecule has 0 bridgehead atoms. The summed E-state index contributed by atoms with van der Waals surface area (Å²) in [5.41, 5.74) is -0.135. The number of ether oxygens (including phenoxy) is 1. The lowest BCUT2D eigenvalue weighted by Gasteiger charge is -2.25. The van der Waals surface area contributed by atoms with E-state index < -0.39 is 6.10 Å². The van der Waals surface area contributed by atoms with Crippen molar-refractivity contribution in [3.8, 4) is 0 Å². The second-order valence-electron chi connectivity index (χ2n) is 6.20. The van der Waals surface area contributed by atoms with E-state index in [0.717, 1.165) is 12.8 Å². The maximum atomic E-state index is 9.80. The highest BCUT2D eigenvalue weighted by Gasteiger charge is 2.18. The van der Waals surface area contributed by atoms with Crippen molar-refractivity contribution >= 4 is 0 Å². The highest BCUT2D eigenvalue weighted by atomic mass is 16.5. The van der Waals surface area contributed by atoms with E-state index in [0.29, 0.717) is 25.8 Å². The molecule has 0 aromatic heterocycles. The van der Waals surface area contributed by atoms with Crippen molar-refractivity contribution in [2.24, 2.45) is 5.41 Å². The molecule has 0 heterocycles. The molecule has 4 nitrogen and oxygen atoms in total. The van der Waals surface area contributed by atoms with Crippen LogP contribution in [0.1, 0.15) is 46.0 Å². The summed E-state index contributed by atoms with van der Waals surface area (Å²) in [5.74, 6) is 0. The number of rotatable bonds is 8. The van der Waals surface area contributed by atoms with Crippen molar-refractivity contribution < 1.29 is 14.9 Å². The molecule has 1 atom stereocenters. The number of hydrogen-bond donors (Lipinski definition) is 3. The molecule has 108 valence electrons. The van der Waals surface area contributed by atoms with E-state index in [2.05, 4.69) is 5.32 Å². The van der Waals surface area contributed by atoms with Crippen LogP contribution in [-0.4, -0.2) is 48.7 Å². The zero-order chi connectivity index (χ0) is 13.4. The minimum atomic E-state index is -0.457. The van der Waals surface area contributed by atoms with Gasteiger partial charge in [-0.05, 0) is 12.8 Å². The smallest absolute Gasteiger partial charge is 0.0897 e. The third-order valence-corrected chi connectivity index (χ3v) is 3.49. The molecule has 1 aliphatic carbocycles. The van der Waals surface area contributed by atoms with Gasteiger partial charge in [0.2, 0.25) is 0 Å². The molecule has 3 N–H and O–H groups in total. The van der Waals surface area contributed by atoms with E-state index in [1.165, 1.54) is 19.3 Å². The largest absolute Gasteiger partial charge is 0.396 e. The fraction of sp³-hybridized carbons (Fsp3) is 1.00. The van der Waals surface area contributed by atoms with E-state index in [1.54, 1.807) is 0 Å². The van der Waals surface area contributed by atoms with E-state index in [4.69, 9.17) is 9.84 Å². The average molecular weight is 259 g/mol. The van der Waals surface area contributed by atoms with Crippen LogP contribution in [0, 0.1) is 5.41 Å². The summed E-state index contributed by atoms with van der Waals surface area (Å²) in [6.45, 7) is 5.77. The number of aliphatic hydroxyl groups excluding tert-OH is 2. The molecule has 1 saturated carbocycles. The summed E-state index contributed by atoms with van der Waals surface area (Å²) in [6, 6.07) is 0. The van der Waals surface area contributed by atoms with Gasteiger partial charge in [0.1, 0.15) is 0 Å². The molecule has 1 aliphatic rings. The number of nitrogens with one attached hydrogen (secondary N) is 1. The second kappa shape index (κ2) is 8.10. The lowest BCUT2D eigenvalue weighted by molar-refractivity contribution is -0.0236. The van der Waals surface area contributed by atoms with Crippen LogP contribution in [0.4, 0.5) is 0 Å². The van der Waals surface area contributed by atoms with Crippen molar-refractivity contribution in [3.05, 3.63) is 0 Å². The minimum Gasteiger partial charge on any atom is -0.396 e. The zero-order valence-electron chi connectivity index (χ0n) is 11.8. The molecule has 0 amide bonds. The molecule has 0 spiro atoms.